The summed E-state index contributed by atoms with van der Waals surface area (Å²) in [5.74, 6) is 0.238. The van der Waals surface area contributed by atoms with Crippen LogP contribution in [-0.4, -0.2) is 49.1 Å². The largest absolute Gasteiger partial charge is 0.353 e. The zero-order chi connectivity index (χ0) is 13.5. The third-order valence-electron chi connectivity index (χ3n) is 4.08. The van der Waals surface area contributed by atoms with Crippen molar-refractivity contribution >= 4 is 5.91 Å². The van der Waals surface area contributed by atoms with Crippen LogP contribution >= 0.6 is 0 Å². The number of nitrogens with one attached hydrogen (secondary N) is 2. The molecule has 1 amide bonds. The molecule has 1 saturated heterocycles. The maximum absolute atomic E-state index is 11.5. The number of rotatable bonds is 8. The first-order chi connectivity index (χ1) is 9.28. The highest BCUT2D eigenvalue weighted by Crippen LogP contribution is 2.18. The molecule has 19 heavy (non-hydrogen) atoms. The molecular weight excluding hydrogens is 238 g/mol. The van der Waals surface area contributed by atoms with Crippen molar-refractivity contribution in [3.05, 3.63) is 0 Å². The Labute approximate surface area is 117 Å². The SMILES string of the molecule is CCCN1CCC(NCCCC(=O)NC2CC2)CC1. The van der Waals surface area contributed by atoms with Gasteiger partial charge >= 0.3 is 0 Å². The molecule has 2 rings (SSSR count). The molecule has 2 aliphatic rings. The Bertz CT molecular complexity index is 271. The maximum Gasteiger partial charge on any atom is 0.220 e. The van der Waals surface area contributed by atoms with Gasteiger partial charge in [-0.3, -0.25) is 4.79 Å². The van der Waals surface area contributed by atoms with Crippen LogP contribution in [0.1, 0.15) is 51.9 Å². The highest BCUT2D eigenvalue weighted by atomic mass is 16.1. The van der Waals surface area contributed by atoms with Gasteiger partial charge in [-0.1, -0.05) is 6.92 Å². The molecule has 110 valence electrons. The molecule has 2 N–H and O–H groups in total. The predicted octanol–water partition coefficient (Wildman–Crippen LogP) is 1.51. The van der Waals surface area contributed by atoms with Gasteiger partial charge in [0.2, 0.25) is 5.91 Å². The molecule has 4 nitrogen and oxygen atoms in total. The fraction of sp³-hybridized carbons (Fsp3) is 0.933. The maximum atomic E-state index is 11.5. The monoisotopic (exact) mass is 267 g/mol. The van der Waals surface area contributed by atoms with Crippen LogP contribution in [-0.2, 0) is 4.79 Å². The van der Waals surface area contributed by atoms with E-state index in [1.807, 2.05) is 0 Å². The van der Waals surface area contributed by atoms with Crippen molar-refractivity contribution in [1.29, 1.82) is 0 Å². The van der Waals surface area contributed by atoms with Crippen molar-refractivity contribution in [2.24, 2.45) is 0 Å². The Morgan fingerprint density at radius 2 is 1.89 bits per heavy atom. The van der Waals surface area contributed by atoms with Crippen LogP contribution in [0.5, 0.6) is 0 Å². The lowest BCUT2D eigenvalue weighted by Crippen LogP contribution is -2.43. The molecule has 0 spiro atoms. The number of likely N-dealkylation sites (tertiary alicyclic amines) is 1. The van der Waals surface area contributed by atoms with Gasteiger partial charge in [0.05, 0.1) is 0 Å². The van der Waals surface area contributed by atoms with Gasteiger partial charge in [0.15, 0.2) is 0 Å². The van der Waals surface area contributed by atoms with Crippen molar-refractivity contribution in [2.75, 3.05) is 26.2 Å². The van der Waals surface area contributed by atoms with E-state index in [2.05, 4.69) is 22.5 Å². The molecule has 0 atom stereocenters. The lowest BCUT2D eigenvalue weighted by Gasteiger charge is -2.32. The van der Waals surface area contributed by atoms with Gasteiger partial charge < -0.3 is 15.5 Å². The van der Waals surface area contributed by atoms with E-state index in [1.165, 1.54) is 51.7 Å². The van der Waals surface area contributed by atoms with Crippen molar-refractivity contribution < 1.29 is 4.79 Å². The van der Waals surface area contributed by atoms with Crippen molar-refractivity contribution in [2.45, 2.75) is 64.0 Å². The van der Waals surface area contributed by atoms with Gasteiger partial charge in [0, 0.05) is 18.5 Å². The van der Waals surface area contributed by atoms with Crippen molar-refractivity contribution in [1.82, 2.24) is 15.5 Å². The zero-order valence-electron chi connectivity index (χ0n) is 12.3. The summed E-state index contributed by atoms with van der Waals surface area (Å²) in [6.07, 6.45) is 7.78. The molecule has 0 aromatic carbocycles. The number of nitrogens with zero attached hydrogens (tertiary/aromatic N) is 1. The summed E-state index contributed by atoms with van der Waals surface area (Å²) in [7, 11) is 0. The standard InChI is InChI=1S/C15H29N3O/c1-2-10-18-11-7-13(8-12-18)16-9-3-4-15(19)17-14-5-6-14/h13-14,16H,2-12H2,1H3,(H,17,19). The van der Waals surface area contributed by atoms with Crippen LogP contribution in [0.2, 0.25) is 0 Å². The normalized spacial score (nSPS) is 21.5. The van der Waals surface area contributed by atoms with Gasteiger partial charge in [0.25, 0.3) is 0 Å². The number of amides is 1. The van der Waals surface area contributed by atoms with Crippen LogP contribution in [0.25, 0.3) is 0 Å². The van der Waals surface area contributed by atoms with E-state index in [0.717, 1.165) is 13.0 Å². The molecule has 1 saturated carbocycles. The van der Waals surface area contributed by atoms with Crippen LogP contribution in [0.15, 0.2) is 0 Å². The Morgan fingerprint density at radius 3 is 2.53 bits per heavy atom. The highest BCUT2D eigenvalue weighted by molar-refractivity contribution is 5.76. The van der Waals surface area contributed by atoms with Crippen LogP contribution < -0.4 is 10.6 Å². The lowest BCUT2D eigenvalue weighted by molar-refractivity contribution is -0.121. The Morgan fingerprint density at radius 1 is 1.16 bits per heavy atom. The molecule has 1 heterocycles. The Balaban J connectivity index is 1.46. The quantitative estimate of drug-likeness (QED) is 0.655. The van der Waals surface area contributed by atoms with E-state index in [4.69, 9.17) is 0 Å². The first-order valence-corrected chi connectivity index (χ1v) is 8.03. The molecular formula is C15H29N3O. The van der Waals surface area contributed by atoms with E-state index in [1.54, 1.807) is 0 Å². The molecule has 0 unspecified atom stereocenters. The van der Waals surface area contributed by atoms with Crippen molar-refractivity contribution in [3.63, 3.8) is 0 Å². The molecule has 0 bridgehead atoms. The van der Waals surface area contributed by atoms with E-state index in [9.17, 15) is 4.79 Å². The molecule has 4 heteroatoms. The first kappa shape index (κ1) is 14.8. The van der Waals surface area contributed by atoms with Gasteiger partial charge in [0.1, 0.15) is 0 Å². The van der Waals surface area contributed by atoms with Crippen molar-refractivity contribution in [3.8, 4) is 0 Å². The highest BCUT2D eigenvalue weighted by Gasteiger charge is 2.23. The van der Waals surface area contributed by atoms with E-state index >= 15 is 0 Å². The average molecular weight is 267 g/mol. The number of hydrogen-bond donors (Lipinski definition) is 2. The summed E-state index contributed by atoms with van der Waals surface area (Å²) >= 11 is 0. The van der Waals surface area contributed by atoms with Gasteiger partial charge in [-0.25, -0.2) is 0 Å². The molecule has 1 aliphatic carbocycles. The number of hydrogen-bond acceptors (Lipinski definition) is 3. The van der Waals surface area contributed by atoms with Crippen LogP contribution in [0, 0.1) is 0 Å². The Kier molecular flexibility index (Phi) is 6.11. The van der Waals surface area contributed by atoms with E-state index < -0.39 is 0 Å². The summed E-state index contributed by atoms with van der Waals surface area (Å²) in [5, 5.41) is 6.64. The lowest BCUT2D eigenvalue weighted by atomic mass is 10.0. The molecule has 0 aromatic heterocycles. The second kappa shape index (κ2) is 7.85. The minimum absolute atomic E-state index is 0.238. The van der Waals surface area contributed by atoms with Gasteiger partial charge in [-0.15, -0.1) is 0 Å². The third kappa shape index (κ3) is 5.91. The Hall–Kier alpha value is -0.610. The smallest absolute Gasteiger partial charge is 0.220 e. The first-order valence-electron chi connectivity index (χ1n) is 8.03. The minimum atomic E-state index is 0.238. The molecule has 0 aromatic rings. The summed E-state index contributed by atoms with van der Waals surface area (Å²) in [6.45, 7) is 6.93. The summed E-state index contributed by atoms with van der Waals surface area (Å²) in [6, 6.07) is 1.17. The second-order valence-electron chi connectivity index (χ2n) is 6.02. The number of carbonyl (C=O) groups excluding carboxylic acids is 1. The van der Waals surface area contributed by atoms with E-state index in [0.29, 0.717) is 18.5 Å². The second-order valence-corrected chi connectivity index (χ2v) is 6.02. The predicted molar refractivity (Wildman–Crippen MR) is 78.2 cm³/mol. The average Bonchev–Trinajstić information content (AvgIpc) is 3.21. The minimum Gasteiger partial charge on any atom is -0.353 e. The topological polar surface area (TPSA) is 44.4 Å². The summed E-state index contributed by atoms with van der Waals surface area (Å²) < 4.78 is 0. The summed E-state index contributed by atoms with van der Waals surface area (Å²) in [5.41, 5.74) is 0. The fourth-order valence-electron chi connectivity index (χ4n) is 2.76. The fourth-order valence-corrected chi connectivity index (χ4v) is 2.76. The zero-order valence-corrected chi connectivity index (χ0v) is 12.3. The molecule has 0 radical (unpaired) electrons. The number of carbonyl (C=O) groups is 1. The number of piperidine rings is 1. The van der Waals surface area contributed by atoms with Crippen LogP contribution in [0.3, 0.4) is 0 Å². The van der Waals surface area contributed by atoms with Crippen LogP contribution in [0.4, 0.5) is 0 Å². The third-order valence-corrected chi connectivity index (χ3v) is 4.08. The summed E-state index contributed by atoms with van der Waals surface area (Å²) in [4.78, 5) is 14.1. The van der Waals surface area contributed by atoms with Gasteiger partial charge in [-0.05, 0) is 64.7 Å². The molecule has 1 aliphatic heterocycles. The molecule has 2 fully saturated rings. The van der Waals surface area contributed by atoms with E-state index in [-0.39, 0.29) is 5.91 Å². The van der Waals surface area contributed by atoms with Gasteiger partial charge in [-0.2, -0.15) is 0 Å².